The maximum absolute atomic E-state index is 6.40. The third-order valence-electron chi connectivity index (χ3n) is 13.8. The van der Waals surface area contributed by atoms with Crippen molar-refractivity contribution in [2.24, 2.45) is 0 Å². The van der Waals surface area contributed by atoms with E-state index in [0.29, 0.717) is 0 Å². The molecule has 1 aliphatic carbocycles. The number of hydrogen-bond acceptors (Lipinski definition) is 1. The molecule has 0 spiro atoms. The molecule has 0 amide bonds. The van der Waals surface area contributed by atoms with E-state index in [1.54, 1.807) is 0 Å². The first kappa shape index (κ1) is 35.2. The fourth-order valence-electron chi connectivity index (χ4n) is 11.1. The molecule has 0 fully saturated rings. The van der Waals surface area contributed by atoms with E-state index in [1.807, 2.05) is 6.07 Å². The molecule has 64 heavy (non-hydrogen) atoms. The highest BCUT2D eigenvalue weighted by Crippen LogP contribution is 2.51. The minimum atomic E-state index is 0.910. The van der Waals surface area contributed by atoms with Crippen molar-refractivity contribution >= 4 is 65.3 Å². The standard InChI is InChI=1S/C62H37NO/c1-2-19-42-41(18-1)43-20-3-4-22-45(43)47-33-32-39(37-54(47)46-23-6-5-21-44(42)46)60-50-26-9-7-24-48(50)59(49-25-8-10-27-51(49)60)38-16-15-17-40(36-38)63-55-30-13-11-28-52(55)61-56(63)34-35-58-62(61)53-29-12-14-31-57(53)64-58/h1-37H. The molecule has 0 unspecified atom stereocenters. The molecule has 0 saturated heterocycles. The highest BCUT2D eigenvalue weighted by Gasteiger charge is 2.24. The predicted molar refractivity (Wildman–Crippen MR) is 269 cm³/mol. The van der Waals surface area contributed by atoms with E-state index in [4.69, 9.17) is 4.42 Å². The first-order chi connectivity index (χ1) is 31.8. The largest absolute Gasteiger partial charge is 0.456 e. The zero-order valence-corrected chi connectivity index (χ0v) is 34.7. The smallest absolute Gasteiger partial charge is 0.136 e. The van der Waals surface area contributed by atoms with Gasteiger partial charge in [-0.15, -0.1) is 0 Å². The fourth-order valence-corrected chi connectivity index (χ4v) is 11.1. The second-order valence-corrected chi connectivity index (χ2v) is 17.1. The summed E-state index contributed by atoms with van der Waals surface area (Å²) >= 11 is 0. The van der Waals surface area contributed by atoms with E-state index in [1.165, 1.54) is 105 Å². The molecule has 2 heterocycles. The maximum Gasteiger partial charge on any atom is 0.136 e. The van der Waals surface area contributed by atoms with Crippen LogP contribution >= 0.6 is 0 Å². The van der Waals surface area contributed by atoms with E-state index in [9.17, 15) is 0 Å². The zero-order valence-electron chi connectivity index (χ0n) is 34.7. The van der Waals surface area contributed by atoms with E-state index in [2.05, 4.69) is 223 Å². The second kappa shape index (κ2) is 13.5. The average molecular weight is 812 g/mol. The van der Waals surface area contributed by atoms with Crippen LogP contribution in [-0.2, 0) is 0 Å². The number of furan rings is 1. The van der Waals surface area contributed by atoms with Gasteiger partial charge in [-0.3, -0.25) is 0 Å². The molecule has 0 saturated carbocycles. The van der Waals surface area contributed by atoms with Gasteiger partial charge in [0, 0.05) is 27.2 Å². The average Bonchev–Trinajstić information content (AvgIpc) is 3.91. The lowest BCUT2D eigenvalue weighted by Gasteiger charge is -2.24. The van der Waals surface area contributed by atoms with Crippen LogP contribution in [0.25, 0.3) is 138 Å². The summed E-state index contributed by atoms with van der Waals surface area (Å²) in [7, 11) is 0. The van der Waals surface area contributed by atoms with E-state index < -0.39 is 0 Å². The molecule has 0 bridgehead atoms. The van der Waals surface area contributed by atoms with Crippen molar-refractivity contribution in [2.75, 3.05) is 0 Å². The third-order valence-corrected chi connectivity index (χ3v) is 13.8. The molecule has 2 aromatic heterocycles. The van der Waals surface area contributed by atoms with Gasteiger partial charge in [-0.2, -0.15) is 0 Å². The fraction of sp³-hybridized carbons (Fsp3) is 0. The van der Waals surface area contributed by atoms with Gasteiger partial charge in [0.15, 0.2) is 0 Å². The van der Waals surface area contributed by atoms with Gasteiger partial charge in [0.2, 0.25) is 0 Å². The molecule has 13 aromatic rings. The molecule has 296 valence electrons. The molecule has 2 nitrogen and oxygen atoms in total. The molecule has 0 radical (unpaired) electrons. The first-order valence-electron chi connectivity index (χ1n) is 22.1. The summed E-state index contributed by atoms with van der Waals surface area (Å²) in [5, 5.41) is 9.67. The highest BCUT2D eigenvalue weighted by atomic mass is 16.3. The van der Waals surface area contributed by atoms with Crippen molar-refractivity contribution < 1.29 is 4.42 Å². The molecule has 2 heteroatoms. The highest BCUT2D eigenvalue weighted by molar-refractivity contribution is 6.27. The van der Waals surface area contributed by atoms with Gasteiger partial charge in [0.1, 0.15) is 11.2 Å². The third kappa shape index (κ3) is 4.96. The first-order valence-corrected chi connectivity index (χ1v) is 22.1. The van der Waals surface area contributed by atoms with Crippen LogP contribution in [0, 0.1) is 0 Å². The molecule has 1 aliphatic rings. The molecule has 0 N–H and O–H groups in total. The summed E-state index contributed by atoms with van der Waals surface area (Å²) in [6, 6.07) is 82.5. The number of hydrogen-bond donors (Lipinski definition) is 0. The Kier molecular flexibility index (Phi) is 7.43. The zero-order chi connectivity index (χ0) is 41.9. The SMILES string of the molecule is c1cc(-c2c3ccccc3c(-c3ccc4c(c3)-c3ccccc3-c3ccccc3-c3ccccc3-4)c3ccccc23)cc(-n2c3ccccc3c3c4c(ccc32)oc2ccccc24)c1. The number of nitrogens with zero attached hydrogens (tertiary/aromatic N) is 1. The Balaban J connectivity index is 1.00. The van der Waals surface area contributed by atoms with Gasteiger partial charge in [-0.05, 0) is 131 Å². The van der Waals surface area contributed by atoms with E-state index in [-0.39, 0.29) is 0 Å². The number of rotatable bonds is 3. The Bertz CT molecular complexity index is 4020. The van der Waals surface area contributed by atoms with Gasteiger partial charge in [-0.25, -0.2) is 0 Å². The van der Waals surface area contributed by atoms with Crippen molar-refractivity contribution in [2.45, 2.75) is 0 Å². The van der Waals surface area contributed by atoms with Crippen LogP contribution < -0.4 is 0 Å². The van der Waals surface area contributed by atoms with Crippen LogP contribution in [0.1, 0.15) is 0 Å². The number of aromatic nitrogens is 1. The van der Waals surface area contributed by atoms with E-state index in [0.717, 1.165) is 33.1 Å². The van der Waals surface area contributed by atoms with Crippen molar-refractivity contribution in [3.8, 4) is 72.4 Å². The van der Waals surface area contributed by atoms with Crippen LogP contribution in [0.15, 0.2) is 229 Å². The Morgan fingerprint density at radius 2 is 0.734 bits per heavy atom. The second-order valence-electron chi connectivity index (χ2n) is 17.1. The van der Waals surface area contributed by atoms with Gasteiger partial charge in [-0.1, -0.05) is 182 Å². The topological polar surface area (TPSA) is 18.1 Å². The van der Waals surface area contributed by atoms with Gasteiger partial charge in [0.05, 0.1) is 11.0 Å². The minimum Gasteiger partial charge on any atom is -0.456 e. The summed E-state index contributed by atoms with van der Waals surface area (Å²) < 4.78 is 8.83. The van der Waals surface area contributed by atoms with Crippen molar-refractivity contribution in [1.29, 1.82) is 0 Å². The molecule has 0 aliphatic heterocycles. The minimum absolute atomic E-state index is 0.910. The van der Waals surface area contributed by atoms with Gasteiger partial charge >= 0.3 is 0 Å². The van der Waals surface area contributed by atoms with E-state index >= 15 is 0 Å². The Hall–Kier alpha value is -8.46. The molecule has 14 rings (SSSR count). The number of benzene rings is 11. The van der Waals surface area contributed by atoms with Crippen LogP contribution in [0.2, 0.25) is 0 Å². The van der Waals surface area contributed by atoms with Gasteiger partial charge in [0.25, 0.3) is 0 Å². The lowest BCUT2D eigenvalue weighted by Crippen LogP contribution is -1.98. The number of fused-ring (bicyclic) bond motifs is 17. The van der Waals surface area contributed by atoms with Crippen molar-refractivity contribution in [3.63, 3.8) is 0 Å². The van der Waals surface area contributed by atoms with Crippen LogP contribution in [0.5, 0.6) is 0 Å². The Morgan fingerprint density at radius 3 is 1.33 bits per heavy atom. The molecular weight excluding hydrogens is 775 g/mol. The Morgan fingerprint density at radius 1 is 0.266 bits per heavy atom. The van der Waals surface area contributed by atoms with Crippen LogP contribution in [0.4, 0.5) is 0 Å². The summed E-state index contributed by atoms with van der Waals surface area (Å²) in [6.45, 7) is 0. The predicted octanol–water partition coefficient (Wildman–Crippen LogP) is 17.3. The maximum atomic E-state index is 6.40. The lowest BCUT2D eigenvalue weighted by molar-refractivity contribution is 0.669. The van der Waals surface area contributed by atoms with Crippen LogP contribution in [0.3, 0.4) is 0 Å². The summed E-state index contributed by atoms with van der Waals surface area (Å²) in [5.74, 6) is 0. The molecule has 0 atom stereocenters. The molecular formula is C62H37NO. The van der Waals surface area contributed by atoms with Crippen molar-refractivity contribution in [1.82, 2.24) is 4.57 Å². The van der Waals surface area contributed by atoms with Crippen LogP contribution in [-0.4, -0.2) is 4.57 Å². The summed E-state index contributed by atoms with van der Waals surface area (Å²) in [4.78, 5) is 0. The number of para-hydroxylation sites is 2. The summed E-state index contributed by atoms with van der Waals surface area (Å²) in [5.41, 5.74) is 20.2. The normalized spacial score (nSPS) is 12.1. The lowest BCUT2D eigenvalue weighted by atomic mass is 9.79. The summed E-state index contributed by atoms with van der Waals surface area (Å²) in [6.07, 6.45) is 0. The van der Waals surface area contributed by atoms with Crippen molar-refractivity contribution in [3.05, 3.63) is 224 Å². The quantitative estimate of drug-likeness (QED) is 0.163. The molecule has 11 aromatic carbocycles. The van der Waals surface area contributed by atoms with Gasteiger partial charge < -0.3 is 8.98 Å². The monoisotopic (exact) mass is 811 g/mol. The Labute approximate surface area is 369 Å².